The fourth-order valence-corrected chi connectivity index (χ4v) is 1.75. The topological polar surface area (TPSA) is 18.5 Å². The van der Waals surface area contributed by atoms with Gasteiger partial charge in [0.15, 0.2) is 0 Å². The van der Waals surface area contributed by atoms with Gasteiger partial charge in [0.25, 0.3) is 0 Å². The van der Waals surface area contributed by atoms with Crippen LogP contribution in [0.1, 0.15) is 19.8 Å². The van der Waals surface area contributed by atoms with E-state index in [0.717, 1.165) is 30.9 Å². The van der Waals surface area contributed by atoms with Crippen LogP contribution in [0.2, 0.25) is 0 Å². The molecule has 0 saturated carbocycles. The van der Waals surface area contributed by atoms with Crippen LogP contribution in [0.3, 0.4) is 0 Å². The molecule has 0 spiro atoms. The second-order valence-electron chi connectivity index (χ2n) is 4.08. The summed E-state index contributed by atoms with van der Waals surface area (Å²) in [6.45, 7) is 2.95. The van der Waals surface area contributed by atoms with Crippen molar-refractivity contribution in [3.8, 4) is 11.5 Å². The molecular formula is C15H18O2. The Hall–Kier alpha value is -1.70. The monoisotopic (exact) mass is 230 g/mol. The van der Waals surface area contributed by atoms with Gasteiger partial charge in [-0.15, -0.1) is 0 Å². The first-order chi connectivity index (χ1) is 8.33. The van der Waals surface area contributed by atoms with Crippen LogP contribution in [0.5, 0.6) is 11.5 Å². The Balaban J connectivity index is 2.19. The summed E-state index contributed by atoms with van der Waals surface area (Å²) in [5, 5.41) is 2.35. The highest BCUT2D eigenvalue weighted by Crippen LogP contribution is 2.24. The lowest BCUT2D eigenvalue weighted by atomic mass is 10.1. The predicted octanol–water partition coefficient (Wildman–Crippen LogP) is 4.03. The summed E-state index contributed by atoms with van der Waals surface area (Å²) in [6.07, 6.45) is 2.26. The lowest BCUT2D eigenvalue weighted by Gasteiger charge is -2.07. The number of rotatable bonds is 5. The van der Waals surface area contributed by atoms with E-state index >= 15 is 0 Å². The highest BCUT2D eigenvalue weighted by molar-refractivity contribution is 5.85. The molecule has 0 saturated heterocycles. The Labute approximate surface area is 102 Å². The molecule has 0 bridgehead atoms. The van der Waals surface area contributed by atoms with Crippen LogP contribution in [0.4, 0.5) is 0 Å². The molecule has 0 aromatic heterocycles. The summed E-state index contributed by atoms with van der Waals surface area (Å²) in [6, 6.07) is 12.2. The lowest BCUT2D eigenvalue weighted by Crippen LogP contribution is -1.96. The Bertz CT molecular complexity index is 491. The van der Waals surface area contributed by atoms with E-state index in [9.17, 15) is 0 Å². The van der Waals surface area contributed by atoms with Crippen LogP contribution in [0, 0.1) is 0 Å². The maximum atomic E-state index is 5.68. The molecule has 0 unspecified atom stereocenters. The fraction of sp³-hybridized carbons (Fsp3) is 0.333. The van der Waals surface area contributed by atoms with Crippen LogP contribution in [-0.4, -0.2) is 13.7 Å². The summed E-state index contributed by atoms with van der Waals surface area (Å²) in [5.74, 6) is 1.83. The molecule has 2 nitrogen and oxygen atoms in total. The van der Waals surface area contributed by atoms with Crippen molar-refractivity contribution < 1.29 is 9.47 Å². The van der Waals surface area contributed by atoms with Crippen molar-refractivity contribution in [3.63, 3.8) is 0 Å². The lowest BCUT2D eigenvalue weighted by molar-refractivity contribution is 0.310. The Kier molecular flexibility index (Phi) is 3.86. The minimum atomic E-state index is 0.790. The minimum absolute atomic E-state index is 0.790. The molecule has 0 aliphatic heterocycles. The van der Waals surface area contributed by atoms with Gasteiger partial charge in [0.2, 0.25) is 0 Å². The van der Waals surface area contributed by atoms with Crippen molar-refractivity contribution in [3.05, 3.63) is 36.4 Å². The zero-order valence-electron chi connectivity index (χ0n) is 10.4. The van der Waals surface area contributed by atoms with E-state index in [4.69, 9.17) is 9.47 Å². The van der Waals surface area contributed by atoms with Gasteiger partial charge in [0.1, 0.15) is 11.5 Å². The van der Waals surface area contributed by atoms with Gasteiger partial charge in [-0.25, -0.2) is 0 Å². The van der Waals surface area contributed by atoms with Crippen LogP contribution < -0.4 is 9.47 Å². The zero-order chi connectivity index (χ0) is 12.1. The van der Waals surface area contributed by atoms with Gasteiger partial charge in [0, 0.05) is 0 Å². The summed E-state index contributed by atoms with van der Waals surface area (Å²) in [5.41, 5.74) is 0. The third kappa shape index (κ3) is 2.90. The second-order valence-corrected chi connectivity index (χ2v) is 4.08. The number of unbranched alkanes of at least 4 members (excludes halogenated alkanes) is 1. The highest BCUT2D eigenvalue weighted by Gasteiger charge is 1.99. The Morgan fingerprint density at radius 3 is 2.24 bits per heavy atom. The Morgan fingerprint density at radius 1 is 0.941 bits per heavy atom. The van der Waals surface area contributed by atoms with Crippen molar-refractivity contribution >= 4 is 10.8 Å². The number of ether oxygens (including phenoxy) is 2. The molecular weight excluding hydrogens is 212 g/mol. The SMILES string of the molecule is CCCCOc1ccc2cc(OC)ccc2c1. The van der Waals surface area contributed by atoms with E-state index in [1.807, 2.05) is 18.2 Å². The van der Waals surface area contributed by atoms with Crippen LogP contribution in [0.15, 0.2) is 36.4 Å². The van der Waals surface area contributed by atoms with Crippen LogP contribution >= 0.6 is 0 Å². The van der Waals surface area contributed by atoms with E-state index in [-0.39, 0.29) is 0 Å². The van der Waals surface area contributed by atoms with Crippen LogP contribution in [0.25, 0.3) is 10.8 Å². The second kappa shape index (κ2) is 5.58. The first-order valence-electron chi connectivity index (χ1n) is 6.04. The molecule has 2 rings (SSSR count). The molecule has 0 radical (unpaired) electrons. The van der Waals surface area contributed by atoms with Gasteiger partial charge >= 0.3 is 0 Å². The molecule has 0 N–H and O–H groups in total. The van der Waals surface area contributed by atoms with Crippen molar-refractivity contribution in [2.24, 2.45) is 0 Å². The fourth-order valence-electron chi connectivity index (χ4n) is 1.75. The standard InChI is InChI=1S/C15H18O2/c1-3-4-9-17-15-8-6-12-10-14(16-2)7-5-13(12)11-15/h5-8,10-11H,3-4,9H2,1-2H3. The maximum absolute atomic E-state index is 5.68. The van der Waals surface area contributed by atoms with Crippen molar-refractivity contribution in [2.45, 2.75) is 19.8 Å². The number of fused-ring (bicyclic) bond motifs is 1. The van der Waals surface area contributed by atoms with Gasteiger partial charge in [-0.1, -0.05) is 25.5 Å². The average molecular weight is 230 g/mol. The molecule has 0 aliphatic carbocycles. The molecule has 90 valence electrons. The summed E-state index contributed by atoms with van der Waals surface area (Å²) >= 11 is 0. The first-order valence-corrected chi connectivity index (χ1v) is 6.04. The van der Waals surface area contributed by atoms with Crippen molar-refractivity contribution in [2.75, 3.05) is 13.7 Å². The number of methoxy groups -OCH3 is 1. The van der Waals surface area contributed by atoms with Gasteiger partial charge in [0.05, 0.1) is 13.7 Å². The third-order valence-corrected chi connectivity index (χ3v) is 2.79. The third-order valence-electron chi connectivity index (χ3n) is 2.79. The molecule has 17 heavy (non-hydrogen) atoms. The minimum Gasteiger partial charge on any atom is -0.497 e. The zero-order valence-corrected chi connectivity index (χ0v) is 10.4. The maximum Gasteiger partial charge on any atom is 0.119 e. The average Bonchev–Trinajstić information content (AvgIpc) is 2.38. The van der Waals surface area contributed by atoms with Gasteiger partial charge in [-0.05, 0) is 41.5 Å². The van der Waals surface area contributed by atoms with Crippen LogP contribution in [-0.2, 0) is 0 Å². The van der Waals surface area contributed by atoms with E-state index in [0.29, 0.717) is 0 Å². The van der Waals surface area contributed by atoms with Gasteiger partial charge in [-0.3, -0.25) is 0 Å². The molecule has 0 fully saturated rings. The largest absolute Gasteiger partial charge is 0.497 e. The van der Waals surface area contributed by atoms with E-state index in [2.05, 4.69) is 25.1 Å². The quantitative estimate of drug-likeness (QED) is 0.722. The van der Waals surface area contributed by atoms with Crippen molar-refractivity contribution in [1.29, 1.82) is 0 Å². The molecule has 0 aliphatic rings. The number of hydrogen-bond donors (Lipinski definition) is 0. The van der Waals surface area contributed by atoms with E-state index < -0.39 is 0 Å². The molecule has 2 aromatic rings. The number of hydrogen-bond acceptors (Lipinski definition) is 2. The summed E-state index contributed by atoms with van der Waals surface area (Å²) in [7, 11) is 1.68. The summed E-state index contributed by atoms with van der Waals surface area (Å²) in [4.78, 5) is 0. The Morgan fingerprint density at radius 2 is 1.59 bits per heavy atom. The molecule has 0 amide bonds. The first kappa shape index (κ1) is 11.8. The highest BCUT2D eigenvalue weighted by atomic mass is 16.5. The van der Waals surface area contributed by atoms with Crippen molar-refractivity contribution in [1.82, 2.24) is 0 Å². The predicted molar refractivity (Wildman–Crippen MR) is 70.9 cm³/mol. The van der Waals surface area contributed by atoms with E-state index in [1.165, 1.54) is 10.8 Å². The van der Waals surface area contributed by atoms with E-state index in [1.54, 1.807) is 7.11 Å². The van der Waals surface area contributed by atoms with Gasteiger partial charge < -0.3 is 9.47 Å². The summed E-state index contributed by atoms with van der Waals surface area (Å²) < 4.78 is 10.9. The molecule has 2 heteroatoms. The molecule has 0 heterocycles. The number of benzene rings is 2. The molecule has 0 atom stereocenters. The molecule has 2 aromatic carbocycles. The van der Waals surface area contributed by atoms with Gasteiger partial charge in [-0.2, -0.15) is 0 Å². The smallest absolute Gasteiger partial charge is 0.119 e. The normalized spacial score (nSPS) is 10.5.